The number of anilines is 2. The molecule has 3 aromatic rings. The summed E-state index contributed by atoms with van der Waals surface area (Å²) >= 11 is 25.4. The monoisotopic (exact) mass is 520 g/mol. The van der Waals surface area contributed by atoms with Crippen molar-refractivity contribution in [2.75, 3.05) is 10.0 Å². The molecule has 0 fully saturated rings. The van der Waals surface area contributed by atoms with Gasteiger partial charge in [-0.1, -0.05) is 58.5 Å². The predicted molar refractivity (Wildman–Crippen MR) is 132 cm³/mol. The lowest BCUT2D eigenvalue weighted by Crippen LogP contribution is -2.49. The number of para-hydroxylation sites is 2. The quantitative estimate of drug-likeness (QED) is 0.360. The van der Waals surface area contributed by atoms with Gasteiger partial charge < -0.3 is 0 Å². The number of nitrogens with zero attached hydrogens (tertiary/aromatic N) is 4. The molecule has 2 aliphatic heterocycles. The smallest absolute Gasteiger partial charge is 0.267 e. The maximum atomic E-state index is 13.6. The Kier molecular flexibility index (Phi) is 5.46. The molecular formula is C23H16Cl4N4O2. The van der Waals surface area contributed by atoms with Crippen LogP contribution in [0.3, 0.4) is 0 Å². The summed E-state index contributed by atoms with van der Waals surface area (Å²) in [6.07, 6.45) is 0. The average molecular weight is 522 g/mol. The Morgan fingerprint density at radius 1 is 0.848 bits per heavy atom. The number of carbonyl (C=O) groups excluding carboxylic acids is 1. The molecule has 168 valence electrons. The first kappa shape index (κ1) is 22.3. The van der Waals surface area contributed by atoms with Gasteiger partial charge in [-0.05, 0) is 72.9 Å². The zero-order chi connectivity index (χ0) is 23.6. The average Bonchev–Trinajstić information content (AvgIpc) is 3.34. The van der Waals surface area contributed by atoms with Crippen molar-refractivity contribution in [2.45, 2.75) is 20.8 Å². The van der Waals surface area contributed by atoms with Crippen molar-refractivity contribution >= 4 is 69.5 Å². The van der Waals surface area contributed by atoms with Crippen molar-refractivity contribution in [3.63, 3.8) is 0 Å². The highest BCUT2D eigenvalue weighted by atomic mass is 35.5. The maximum Gasteiger partial charge on any atom is 0.277 e. The second-order valence-electron chi connectivity index (χ2n) is 7.70. The minimum absolute atomic E-state index is 0.301. The number of rotatable bonds is 2. The van der Waals surface area contributed by atoms with Crippen molar-refractivity contribution in [2.24, 2.45) is 5.16 Å². The fraction of sp³-hybridized carbons (Fsp3) is 0.130. The van der Waals surface area contributed by atoms with Crippen LogP contribution < -0.4 is 10.0 Å². The number of hydrazine groups is 2. The van der Waals surface area contributed by atoms with E-state index in [1.165, 1.54) is 10.3 Å². The lowest BCUT2D eigenvalue weighted by atomic mass is 9.98. The molecule has 0 aliphatic carbocycles. The molecule has 2 aliphatic rings. The number of amides is 1. The second kappa shape index (κ2) is 8.08. The molecular weight excluding hydrogens is 506 g/mol. The summed E-state index contributed by atoms with van der Waals surface area (Å²) in [7, 11) is 0. The molecule has 33 heavy (non-hydrogen) atoms. The van der Waals surface area contributed by atoms with E-state index in [-0.39, 0.29) is 5.91 Å². The molecule has 0 N–H and O–H groups in total. The lowest BCUT2D eigenvalue weighted by Gasteiger charge is -2.25. The number of benzene rings is 3. The van der Waals surface area contributed by atoms with E-state index in [0.29, 0.717) is 42.9 Å². The van der Waals surface area contributed by atoms with Crippen LogP contribution in [0.2, 0.25) is 20.1 Å². The standard InChI is InChI=1S/C23H16Cl4N4O2/c1-11-19(12(2)21(27)13(3)20(11)26)22-28-33-31-29(22)17-6-4-5-7-18(17)30(31)23(32)14-8-15(24)10-16(25)9-14/h4-10H,1-3H3. The molecule has 6 nitrogen and oxygen atoms in total. The van der Waals surface area contributed by atoms with E-state index >= 15 is 0 Å². The van der Waals surface area contributed by atoms with Crippen molar-refractivity contribution < 1.29 is 9.73 Å². The van der Waals surface area contributed by atoms with Gasteiger partial charge in [0.05, 0.1) is 16.7 Å². The third-order valence-electron chi connectivity index (χ3n) is 5.67. The normalized spacial score (nSPS) is 14.8. The molecule has 0 unspecified atom stereocenters. The number of fused-ring (bicyclic) bond motifs is 3. The van der Waals surface area contributed by atoms with Gasteiger partial charge in [0.15, 0.2) is 0 Å². The highest BCUT2D eigenvalue weighted by Gasteiger charge is 2.47. The zero-order valence-electron chi connectivity index (χ0n) is 17.7. The Morgan fingerprint density at radius 2 is 1.42 bits per heavy atom. The predicted octanol–water partition coefficient (Wildman–Crippen LogP) is 7.13. The Labute approximate surface area is 210 Å². The number of hydrogen-bond acceptors (Lipinski definition) is 5. The molecule has 0 aromatic heterocycles. The van der Waals surface area contributed by atoms with Crippen molar-refractivity contribution in [3.8, 4) is 0 Å². The van der Waals surface area contributed by atoms with Crippen LogP contribution in [-0.2, 0) is 4.94 Å². The summed E-state index contributed by atoms with van der Waals surface area (Å²) in [6.45, 7) is 5.67. The minimum Gasteiger partial charge on any atom is -0.267 e. The molecule has 1 amide bonds. The molecule has 0 saturated carbocycles. The molecule has 2 heterocycles. The minimum atomic E-state index is -0.390. The van der Waals surface area contributed by atoms with Crippen LogP contribution in [0, 0.1) is 20.8 Å². The molecule has 0 saturated heterocycles. The number of oxime groups is 1. The number of hydrogen-bond donors (Lipinski definition) is 0. The topological polar surface area (TPSA) is 48.4 Å². The summed E-state index contributed by atoms with van der Waals surface area (Å²) in [5.74, 6) is 0.0693. The molecule has 10 heteroatoms. The largest absolute Gasteiger partial charge is 0.277 e. The van der Waals surface area contributed by atoms with Gasteiger partial charge in [0, 0.05) is 31.2 Å². The van der Waals surface area contributed by atoms with E-state index in [1.807, 2.05) is 45.0 Å². The Morgan fingerprint density at radius 3 is 2.03 bits per heavy atom. The van der Waals surface area contributed by atoms with Crippen molar-refractivity contribution in [1.82, 2.24) is 5.28 Å². The summed E-state index contributed by atoms with van der Waals surface area (Å²) in [6, 6.07) is 12.0. The summed E-state index contributed by atoms with van der Waals surface area (Å²) in [5, 5.41) is 10.5. The van der Waals surface area contributed by atoms with E-state index in [0.717, 1.165) is 22.3 Å². The fourth-order valence-electron chi connectivity index (χ4n) is 4.11. The van der Waals surface area contributed by atoms with Gasteiger partial charge in [-0.2, -0.15) is 10.0 Å². The number of amidine groups is 1. The van der Waals surface area contributed by atoms with Crippen LogP contribution in [0.1, 0.15) is 32.6 Å². The van der Waals surface area contributed by atoms with E-state index in [4.69, 9.17) is 51.3 Å². The van der Waals surface area contributed by atoms with Gasteiger partial charge in [0.1, 0.15) is 0 Å². The Hall–Kier alpha value is -2.48. The van der Waals surface area contributed by atoms with Gasteiger partial charge in [-0.3, -0.25) is 9.73 Å². The van der Waals surface area contributed by atoms with Gasteiger partial charge in [-0.15, -0.1) is 0 Å². The summed E-state index contributed by atoms with van der Waals surface area (Å²) in [4.78, 5) is 19.2. The van der Waals surface area contributed by atoms with E-state index in [1.54, 1.807) is 23.2 Å². The van der Waals surface area contributed by atoms with Crippen LogP contribution in [0.25, 0.3) is 0 Å². The van der Waals surface area contributed by atoms with Gasteiger partial charge in [-0.25, -0.2) is 0 Å². The third-order valence-corrected chi connectivity index (χ3v) is 7.24. The van der Waals surface area contributed by atoms with Crippen molar-refractivity contribution in [1.29, 1.82) is 0 Å². The molecule has 3 aromatic carbocycles. The number of carbonyl (C=O) groups is 1. The lowest BCUT2D eigenvalue weighted by molar-refractivity contribution is -0.135. The Bertz CT molecular complexity index is 1330. The fourth-order valence-corrected chi connectivity index (χ4v) is 5.06. The Balaban J connectivity index is 1.64. The number of halogens is 4. The van der Waals surface area contributed by atoms with Gasteiger partial charge >= 0.3 is 0 Å². The van der Waals surface area contributed by atoms with E-state index < -0.39 is 0 Å². The van der Waals surface area contributed by atoms with E-state index in [2.05, 4.69) is 5.16 Å². The first-order valence-electron chi connectivity index (χ1n) is 9.90. The summed E-state index contributed by atoms with van der Waals surface area (Å²) < 4.78 is 0. The van der Waals surface area contributed by atoms with Gasteiger partial charge in [0.2, 0.25) is 5.84 Å². The van der Waals surface area contributed by atoms with Crippen molar-refractivity contribution in [3.05, 3.63) is 90.4 Å². The second-order valence-corrected chi connectivity index (χ2v) is 9.33. The first-order valence-corrected chi connectivity index (χ1v) is 11.4. The van der Waals surface area contributed by atoms with Crippen LogP contribution in [0.5, 0.6) is 0 Å². The highest BCUT2D eigenvalue weighted by Crippen LogP contribution is 2.45. The molecule has 0 radical (unpaired) electrons. The molecule has 5 rings (SSSR count). The van der Waals surface area contributed by atoms with Crippen LogP contribution >= 0.6 is 46.4 Å². The van der Waals surface area contributed by atoms with Crippen LogP contribution in [0.15, 0.2) is 47.6 Å². The van der Waals surface area contributed by atoms with E-state index in [9.17, 15) is 4.79 Å². The summed E-state index contributed by atoms with van der Waals surface area (Å²) in [5.41, 5.74) is 4.74. The highest BCUT2D eigenvalue weighted by molar-refractivity contribution is 6.38. The molecule has 0 spiro atoms. The SMILES string of the molecule is Cc1c(Cl)c(C)c(C2=NON3N(C(=O)c4cc(Cl)cc(Cl)c4)c4ccccc4N23)c(C)c1Cl. The third kappa shape index (κ3) is 3.36. The zero-order valence-corrected chi connectivity index (χ0v) is 20.7. The maximum absolute atomic E-state index is 13.6. The van der Waals surface area contributed by atoms with Gasteiger partial charge in [0.25, 0.3) is 5.91 Å². The van der Waals surface area contributed by atoms with Crippen LogP contribution in [0.4, 0.5) is 11.4 Å². The molecule has 0 atom stereocenters. The first-order chi connectivity index (χ1) is 15.7. The molecule has 0 bridgehead atoms. The van der Waals surface area contributed by atoms with Crippen LogP contribution in [-0.4, -0.2) is 17.0 Å².